The molecule has 2 heterocycles. The molecule has 1 aliphatic rings. The topological polar surface area (TPSA) is 76.7 Å². The summed E-state index contributed by atoms with van der Waals surface area (Å²) in [5.74, 6) is 0.602. The molecule has 3 rings (SSSR count). The van der Waals surface area contributed by atoms with Crippen LogP contribution in [0.4, 0.5) is 10.6 Å². The number of nitrogens with zero attached hydrogens (tertiary/aromatic N) is 2. The first kappa shape index (κ1) is 13.5. The van der Waals surface area contributed by atoms with E-state index in [-0.39, 0.29) is 6.04 Å². The molecule has 1 fully saturated rings. The van der Waals surface area contributed by atoms with Crippen molar-refractivity contribution in [2.24, 2.45) is 0 Å². The van der Waals surface area contributed by atoms with Crippen LogP contribution in [0.1, 0.15) is 12.8 Å². The summed E-state index contributed by atoms with van der Waals surface area (Å²) >= 11 is 0. The van der Waals surface area contributed by atoms with Crippen LogP contribution in [0.3, 0.4) is 0 Å². The zero-order chi connectivity index (χ0) is 14.8. The van der Waals surface area contributed by atoms with E-state index in [0.29, 0.717) is 18.9 Å². The molecule has 110 valence electrons. The van der Waals surface area contributed by atoms with E-state index in [9.17, 15) is 10.0 Å². The minimum Gasteiger partial charge on any atom is -0.465 e. The van der Waals surface area contributed by atoms with Crippen LogP contribution < -0.4 is 10.0 Å². The molecular weight excluding hydrogens is 270 g/mol. The Morgan fingerprint density at radius 2 is 2.14 bits per heavy atom. The first-order valence-corrected chi connectivity index (χ1v) is 7.02. The molecule has 3 N–H and O–H groups in total. The second-order valence-electron chi connectivity index (χ2n) is 5.31. The first-order chi connectivity index (χ1) is 10.1. The second kappa shape index (κ2) is 5.47. The molecule has 6 heteroatoms. The van der Waals surface area contributed by atoms with Gasteiger partial charge in [-0.25, -0.2) is 4.79 Å². The van der Waals surface area contributed by atoms with Crippen LogP contribution in [0.5, 0.6) is 0 Å². The van der Waals surface area contributed by atoms with Crippen molar-refractivity contribution in [1.29, 1.82) is 0 Å². The van der Waals surface area contributed by atoms with E-state index in [1.807, 2.05) is 30.3 Å². The summed E-state index contributed by atoms with van der Waals surface area (Å²) in [5, 5.41) is 24.4. The van der Waals surface area contributed by atoms with Gasteiger partial charge in [-0.15, -0.1) is 0 Å². The highest BCUT2D eigenvalue weighted by atomic mass is 16.5. The molecule has 1 saturated heterocycles. The van der Waals surface area contributed by atoms with E-state index in [1.165, 1.54) is 4.90 Å². The monoisotopic (exact) mass is 288 g/mol. The van der Waals surface area contributed by atoms with Crippen LogP contribution in [0.15, 0.2) is 36.5 Å². The van der Waals surface area contributed by atoms with Crippen molar-refractivity contribution in [1.82, 2.24) is 4.90 Å². The van der Waals surface area contributed by atoms with Gasteiger partial charge in [0.15, 0.2) is 0 Å². The summed E-state index contributed by atoms with van der Waals surface area (Å²) in [6, 6.07) is 9.61. The van der Waals surface area contributed by atoms with Gasteiger partial charge in [0.2, 0.25) is 0 Å². The lowest BCUT2D eigenvalue weighted by molar-refractivity contribution is -0.893. The molecule has 0 saturated carbocycles. The van der Waals surface area contributed by atoms with Crippen molar-refractivity contribution in [3.63, 3.8) is 0 Å². The number of aromatic nitrogens is 1. The zero-order valence-electron chi connectivity index (χ0n) is 11.6. The zero-order valence-corrected chi connectivity index (χ0v) is 11.6. The first-order valence-electron chi connectivity index (χ1n) is 7.02. The predicted molar refractivity (Wildman–Crippen MR) is 77.6 cm³/mol. The van der Waals surface area contributed by atoms with Crippen LogP contribution in [-0.4, -0.2) is 40.4 Å². The number of likely N-dealkylation sites (tertiary alicyclic amines) is 1. The quantitative estimate of drug-likeness (QED) is 0.583. The van der Waals surface area contributed by atoms with E-state index >= 15 is 0 Å². The molecule has 0 spiro atoms. The summed E-state index contributed by atoms with van der Waals surface area (Å²) in [6.45, 7) is 1.00. The lowest BCUT2D eigenvalue weighted by Crippen LogP contribution is -2.46. The fraction of sp³-hybridized carbons (Fsp3) is 0.333. The van der Waals surface area contributed by atoms with Gasteiger partial charge < -0.3 is 15.2 Å². The van der Waals surface area contributed by atoms with Crippen molar-refractivity contribution < 1.29 is 19.8 Å². The minimum absolute atomic E-state index is 0.000874. The lowest BCUT2D eigenvalue weighted by Gasteiger charge is -2.28. The number of pyridine rings is 1. The van der Waals surface area contributed by atoms with Crippen LogP contribution in [0, 0.1) is 0 Å². The van der Waals surface area contributed by atoms with Crippen LogP contribution in [0.25, 0.3) is 10.8 Å². The molecule has 2 aromatic rings. The second-order valence-corrected chi connectivity index (χ2v) is 5.31. The largest absolute Gasteiger partial charge is 0.465 e. The van der Waals surface area contributed by atoms with E-state index in [2.05, 4.69) is 5.32 Å². The Labute approximate surface area is 122 Å². The Balaban J connectivity index is 1.87. The maximum absolute atomic E-state index is 11.1. The van der Waals surface area contributed by atoms with Crippen molar-refractivity contribution in [2.75, 3.05) is 18.4 Å². The fourth-order valence-electron chi connectivity index (χ4n) is 2.81. The number of piperidine rings is 1. The normalized spacial score (nSPS) is 18.7. The number of benzene rings is 1. The summed E-state index contributed by atoms with van der Waals surface area (Å²) < 4.78 is 1.06. The number of hydrogen-bond donors (Lipinski definition) is 3. The van der Waals surface area contributed by atoms with Gasteiger partial charge in [0.05, 0.1) is 11.9 Å². The third-order valence-electron chi connectivity index (χ3n) is 3.87. The van der Waals surface area contributed by atoms with Gasteiger partial charge in [-0.1, -0.05) is 22.9 Å². The number of rotatable bonds is 2. The van der Waals surface area contributed by atoms with Crippen molar-refractivity contribution >= 4 is 22.7 Å². The Morgan fingerprint density at radius 3 is 2.95 bits per heavy atom. The van der Waals surface area contributed by atoms with Crippen LogP contribution in [0.2, 0.25) is 0 Å². The Bertz CT molecular complexity index is 674. The Kier molecular flexibility index (Phi) is 3.51. The number of nitrogens with one attached hydrogen (secondary N) is 1. The smallest absolute Gasteiger partial charge is 0.407 e. The van der Waals surface area contributed by atoms with E-state index in [1.54, 1.807) is 6.20 Å². The van der Waals surface area contributed by atoms with Gasteiger partial charge in [-0.05, 0) is 30.4 Å². The van der Waals surface area contributed by atoms with Gasteiger partial charge in [0, 0.05) is 6.54 Å². The molecule has 1 aliphatic heterocycles. The number of carbonyl (C=O) groups is 1. The SMILES string of the molecule is O=C(O)N1CCC[C@@H](Nc2c3ccccc3cc[n+]2O)C1. The Hall–Kier alpha value is -2.50. The molecule has 1 atom stereocenters. The highest BCUT2D eigenvalue weighted by Crippen LogP contribution is 2.21. The summed E-state index contributed by atoms with van der Waals surface area (Å²) in [6.07, 6.45) is 2.40. The molecular formula is C15H18N3O3+. The lowest BCUT2D eigenvalue weighted by atomic mass is 10.1. The van der Waals surface area contributed by atoms with Crippen molar-refractivity contribution in [2.45, 2.75) is 18.9 Å². The highest BCUT2D eigenvalue weighted by molar-refractivity contribution is 5.90. The van der Waals surface area contributed by atoms with Crippen LogP contribution in [-0.2, 0) is 0 Å². The third-order valence-corrected chi connectivity index (χ3v) is 3.87. The number of anilines is 1. The fourth-order valence-corrected chi connectivity index (χ4v) is 2.81. The molecule has 1 aromatic heterocycles. The van der Waals surface area contributed by atoms with E-state index < -0.39 is 6.09 Å². The molecule has 21 heavy (non-hydrogen) atoms. The summed E-state index contributed by atoms with van der Waals surface area (Å²) in [7, 11) is 0. The van der Waals surface area contributed by atoms with Gasteiger partial charge in [0.25, 0.3) is 0 Å². The van der Waals surface area contributed by atoms with Gasteiger partial charge >= 0.3 is 11.9 Å². The van der Waals surface area contributed by atoms with E-state index in [0.717, 1.165) is 28.3 Å². The number of carboxylic acid groups (broad SMARTS) is 1. The summed E-state index contributed by atoms with van der Waals surface area (Å²) in [5.41, 5.74) is 0. The van der Waals surface area contributed by atoms with Gasteiger partial charge in [0.1, 0.15) is 12.2 Å². The van der Waals surface area contributed by atoms with Crippen molar-refractivity contribution in [3.8, 4) is 0 Å². The maximum atomic E-state index is 11.1. The summed E-state index contributed by atoms with van der Waals surface area (Å²) in [4.78, 5) is 12.5. The van der Waals surface area contributed by atoms with E-state index in [4.69, 9.17) is 5.11 Å². The number of fused-ring (bicyclic) bond motifs is 1. The molecule has 0 bridgehead atoms. The third kappa shape index (κ3) is 2.69. The molecule has 0 unspecified atom stereocenters. The molecule has 0 radical (unpaired) electrons. The standard InChI is InChI=1S/C15H17N3O3/c19-15(20)17-8-3-5-12(10-17)16-14-13-6-2-1-4-11(13)7-9-18(14)21/h1-2,4,6-7,9,12,21H,3,5,8,10H2,(H,19,20)/p+1/t12-/m1/s1. The highest BCUT2D eigenvalue weighted by Gasteiger charge is 2.28. The minimum atomic E-state index is -0.892. The average molecular weight is 288 g/mol. The number of amides is 1. The molecule has 1 amide bonds. The molecule has 1 aromatic carbocycles. The molecule has 6 nitrogen and oxygen atoms in total. The van der Waals surface area contributed by atoms with Crippen molar-refractivity contribution in [3.05, 3.63) is 36.5 Å². The van der Waals surface area contributed by atoms with Crippen LogP contribution >= 0.6 is 0 Å². The van der Waals surface area contributed by atoms with Gasteiger partial charge in [-0.2, -0.15) is 0 Å². The number of hydrogen-bond acceptors (Lipinski definition) is 3. The maximum Gasteiger partial charge on any atom is 0.407 e. The molecule has 0 aliphatic carbocycles. The van der Waals surface area contributed by atoms with Gasteiger partial charge in [-0.3, -0.25) is 5.32 Å². The average Bonchev–Trinajstić information content (AvgIpc) is 2.50. The predicted octanol–water partition coefficient (Wildman–Crippen LogP) is 1.92. The Morgan fingerprint density at radius 1 is 1.33 bits per heavy atom.